The molecule has 0 unspecified atom stereocenters. The maximum Gasteiger partial charge on any atom is 0.249 e. The van der Waals surface area contributed by atoms with Crippen molar-refractivity contribution in [2.24, 2.45) is 5.92 Å². The number of nitrogens with zero attached hydrogens (tertiary/aromatic N) is 2. The number of halogens is 1. The second-order valence-electron chi connectivity index (χ2n) is 8.41. The summed E-state index contributed by atoms with van der Waals surface area (Å²) in [4.78, 5) is 25.8. The summed E-state index contributed by atoms with van der Waals surface area (Å²) in [7, 11) is 0. The van der Waals surface area contributed by atoms with Gasteiger partial charge in [0.15, 0.2) is 0 Å². The quantitative estimate of drug-likeness (QED) is 0.422. The highest BCUT2D eigenvalue weighted by atomic mass is 35.5. The molecule has 33 heavy (non-hydrogen) atoms. The van der Waals surface area contributed by atoms with Gasteiger partial charge in [0.05, 0.1) is 0 Å². The van der Waals surface area contributed by atoms with Crippen molar-refractivity contribution in [2.75, 3.05) is 5.32 Å². The molecule has 1 aliphatic carbocycles. The van der Waals surface area contributed by atoms with Gasteiger partial charge in [-0.15, -0.1) is 10.2 Å². The molecule has 1 atom stereocenters. The SMILES string of the molecule is O=C(CCC1CCCC1)N[C@H](Cc1ccccc1)C(=O)Nc1nnc(-c2cccc(Cl)c2)s1. The van der Waals surface area contributed by atoms with Crippen LogP contribution in [-0.2, 0) is 16.0 Å². The van der Waals surface area contributed by atoms with Gasteiger partial charge in [-0.1, -0.05) is 91.1 Å². The third kappa shape index (κ3) is 6.85. The molecular weight excluding hydrogens is 456 g/mol. The van der Waals surface area contributed by atoms with E-state index in [4.69, 9.17) is 11.6 Å². The molecule has 1 aliphatic rings. The van der Waals surface area contributed by atoms with Gasteiger partial charge in [0.25, 0.3) is 0 Å². The fourth-order valence-electron chi connectivity index (χ4n) is 4.16. The van der Waals surface area contributed by atoms with E-state index in [1.165, 1.54) is 37.0 Å². The molecule has 6 nitrogen and oxygen atoms in total. The molecule has 0 bridgehead atoms. The highest BCUT2D eigenvalue weighted by Gasteiger charge is 2.24. The van der Waals surface area contributed by atoms with Crippen molar-refractivity contribution in [3.8, 4) is 10.6 Å². The fourth-order valence-corrected chi connectivity index (χ4v) is 5.10. The predicted molar refractivity (Wildman–Crippen MR) is 132 cm³/mol. The summed E-state index contributed by atoms with van der Waals surface area (Å²) in [5.74, 6) is 0.236. The second-order valence-corrected chi connectivity index (χ2v) is 9.82. The zero-order valence-corrected chi connectivity index (χ0v) is 19.9. The molecule has 0 aliphatic heterocycles. The molecule has 2 N–H and O–H groups in total. The lowest BCUT2D eigenvalue weighted by Crippen LogP contribution is -2.45. The normalized spacial score (nSPS) is 14.7. The Bertz CT molecular complexity index is 1080. The molecule has 1 aromatic heterocycles. The summed E-state index contributed by atoms with van der Waals surface area (Å²) in [6, 6.07) is 16.3. The minimum absolute atomic E-state index is 0.0881. The van der Waals surface area contributed by atoms with Crippen LogP contribution < -0.4 is 10.6 Å². The largest absolute Gasteiger partial charge is 0.344 e. The molecule has 172 valence electrons. The highest BCUT2D eigenvalue weighted by molar-refractivity contribution is 7.18. The Balaban J connectivity index is 1.41. The van der Waals surface area contributed by atoms with Gasteiger partial charge < -0.3 is 5.32 Å². The van der Waals surface area contributed by atoms with Crippen molar-refractivity contribution in [1.82, 2.24) is 15.5 Å². The van der Waals surface area contributed by atoms with Crippen molar-refractivity contribution < 1.29 is 9.59 Å². The van der Waals surface area contributed by atoms with Crippen LogP contribution in [0.3, 0.4) is 0 Å². The molecule has 3 aromatic rings. The highest BCUT2D eigenvalue weighted by Crippen LogP contribution is 2.29. The zero-order chi connectivity index (χ0) is 23.0. The molecule has 8 heteroatoms. The summed E-state index contributed by atoms with van der Waals surface area (Å²) >= 11 is 7.33. The second kappa shape index (κ2) is 11.4. The van der Waals surface area contributed by atoms with E-state index < -0.39 is 6.04 Å². The molecular formula is C25H27ClN4O2S. The standard InChI is InChI=1S/C25H27ClN4O2S/c26-20-12-6-11-19(16-20)24-29-30-25(33-24)28-23(32)21(15-18-9-2-1-3-10-18)27-22(31)14-13-17-7-4-5-8-17/h1-3,6,9-12,16-17,21H,4-5,7-8,13-15H2,(H,27,31)(H,28,30,32)/t21-/m1/s1. The van der Waals surface area contributed by atoms with Crippen molar-refractivity contribution in [2.45, 2.75) is 51.0 Å². The lowest BCUT2D eigenvalue weighted by molar-refractivity contribution is -0.126. The molecule has 1 fully saturated rings. The minimum atomic E-state index is -0.693. The van der Waals surface area contributed by atoms with Crippen LogP contribution in [0.5, 0.6) is 0 Å². The van der Waals surface area contributed by atoms with Gasteiger partial charge in [0.1, 0.15) is 11.0 Å². The number of carbonyl (C=O) groups is 2. The summed E-state index contributed by atoms with van der Waals surface area (Å²) in [6.07, 6.45) is 6.64. The summed E-state index contributed by atoms with van der Waals surface area (Å²) in [6.45, 7) is 0. The molecule has 2 amide bonds. The Hall–Kier alpha value is -2.77. The number of hydrogen-bond acceptors (Lipinski definition) is 5. The van der Waals surface area contributed by atoms with Crippen LogP contribution in [0.15, 0.2) is 54.6 Å². The Morgan fingerprint density at radius 2 is 1.85 bits per heavy atom. The van der Waals surface area contributed by atoms with Crippen molar-refractivity contribution in [3.05, 3.63) is 65.2 Å². The van der Waals surface area contributed by atoms with Gasteiger partial charge in [0.2, 0.25) is 16.9 Å². The van der Waals surface area contributed by atoms with Crippen LogP contribution in [0, 0.1) is 5.92 Å². The Morgan fingerprint density at radius 3 is 2.61 bits per heavy atom. The van der Waals surface area contributed by atoms with E-state index in [9.17, 15) is 9.59 Å². The zero-order valence-electron chi connectivity index (χ0n) is 18.3. The van der Waals surface area contributed by atoms with E-state index in [0.29, 0.717) is 33.9 Å². The van der Waals surface area contributed by atoms with Crippen molar-refractivity contribution >= 4 is 39.9 Å². The molecule has 2 aromatic carbocycles. The van der Waals surface area contributed by atoms with E-state index in [1.54, 1.807) is 12.1 Å². The molecule has 0 saturated heterocycles. The molecule has 0 spiro atoms. The van der Waals surface area contributed by atoms with Crippen LogP contribution >= 0.6 is 22.9 Å². The number of hydrogen-bond donors (Lipinski definition) is 2. The molecule has 4 rings (SSSR count). The first kappa shape index (κ1) is 23.4. The molecule has 1 saturated carbocycles. The fraction of sp³-hybridized carbons (Fsp3) is 0.360. The van der Waals surface area contributed by atoms with E-state index >= 15 is 0 Å². The number of anilines is 1. The van der Waals surface area contributed by atoms with Crippen LogP contribution in [0.1, 0.15) is 44.1 Å². The van der Waals surface area contributed by atoms with Crippen LogP contribution in [-0.4, -0.2) is 28.1 Å². The summed E-state index contributed by atoms with van der Waals surface area (Å²) in [5.41, 5.74) is 1.81. The number of aromatic nitrogens is 2. The van der Waals surface area contributed by atoms with Crippen molar-refractivity contribution in [1.29, 1.82) is 0 Å². The van der Waals surface area contributed by atoms with Gasteiger partial charge in [-0.05, 0) is 30.0 Å². The molecule has 1 heterocycles. The van der Waals surface area contributed by atoms with E-state index in [0.717, 1.165) is 17.5 Å². The monoisotopic (exact) mass is 482 g/mol. The minimum Gasteiger partial charge on any atom is -0.344 e. The number of nitrogens with one attached hydrogen (secondary N) is 2. The first-order chi connectivity index (χ1) is 16.1. The average Bonchev–Trinajstić information content (AvgIpc) is 3.50. The topological polar surface area (TPSA) is 84.0 Å². The maximum absolute atomic E-state index is 13.1. The Morgan fingerprint density at radius 1 is 1.06 bits per heavy atom. The lowest BCUT2D eigenvalue weighted by atomic mass is 10.0. The Kier molecular flexibility index (Phi) is 8.07. The smallest absolute Gasteiger partial charge is 0.249 e. The van der Waals surface area contributed by atoms with Crippen molar-refractivity contribution in [3.63, 3.8) is 0 Å². The van der Waals surface area contributed by atoms with Crippen LogP contribution in [0.25, 0.3) is 10.6 Å². The van der Waals surface area contributed by atoms with E-state index in [2.05, 4.69) is 20.8 Å². The first-order valence-corrected chi connectivity index (χ1v) is 12.5. The lowest BCUT2D eigenvalue weighted by Gasteiger charge is -2.18. The third-order valence-corrected chi connectivity index (χ3v) is 7.04. The van der Waals surface area contributed by atoms with Gasteiger partial charge in [-0.2, -0.15) is 0 Å². The maximum atomic E-state index is 13.1. The summed E-state index contributed by atoms with van der Waals surface area (Å²) in [5, 5.41) is 15.7. The number of amides is 2. The van der Waals surface area contributed by atoms with Gasteiger partial charge in [-0.25, -0.2) is 0 Å². The summed E-state index contributed by atoms with van der Waals surface area (Å²) < 4.78 is 0. The average molecular weight is 483 g/mol. The number of benzene rings is 2. The Labute approximate surface area is 202 Å². The number of carbonyl (C=O) groups excluding carboxylic acids is 2. The van der Waals surface area contributed by atoms with Crippen LogP contribution in [0.4, 0.5) is 5.13 Å². The van der Waals surface area contributed by atoms with E-state index in [-0.39, 0.29) is 11.8 Å². The molecule has 0 radical (unpaired) electrons. The van der Waals surface area contributed by atoms with Gasteiger partial charge in [-0.3, -0.25) is 14.9 Å². The number of rotatable bonds is 9. The first-order valence-electron chi connectivity index (χ1n) is 11.3. The van der Waals surface area contributed by atoms with Gasteiger partial charge in [0, 0.05) is 23.4 Å². The predicted octanol–water partition coefficient (Wildman–Crippen LogP) is 5.49. The third-order valence-electron chi connectivity index (χ3n) is 5.92. The van der Waals surface area contributed by atoms with Gasteiger partial charge >= 0.3 is 0 Å². The van der Waals surface area contributed by atoms with E-state index in [1.807, 2.05) is 42.5 Å². The van der Waals surface area contributed by atoms with Crippen LogP contribution in [0.2, 0.25) is 5.02 Å².